The molecule has 1 saturated heterocycles. The number of rotatable bonds is 5. The van der Waals surface area contributed by atoms with Gasteiger partial charge in [0.15, 0.2) is 9.84 Å². The molecule has 1 heterocycles. The van der Waals surface area contributed by atoms with E-state index in [0.717, 1.165) is 0 Å². The molecule has 1 aromatic carbocycles. The van der Waals surface area contributed by atoms with Gasteiger partial charge in [0.1, 0.15) is 0 Å². The Morgan fingerprint density at radius 2 is 2.00 bits per heavy atom. The fourth-order valence-corrected chi connectivity index (χ4v) is 5.56. The number of hydrogen-bond donors (Lipinski definition) is 2. The monoisotopic (exact) mass is 318 g/mol. The van der Waals surface area contributed by atoms with Crippen molar-refractivity contribution in [3.05, 3.63) is 29.8 Å². The summed E-state index contributed by atoms with van der Waals surface area (Å²) in [5.74, 6) is -0.0845. The Kier molecular flexibility index (Phi) is 4.48. The van der Waals surface area contributed by atoms with Crippen molar-refractivity contribution in [3.8, 4) is 0 Å². The van der Waals surface area contributed by atoms with Gasteiger partial charge in [0.25, 0.3) is 0 Å². The second-order valence-electron chi connectivity index (χ2n) is 4.86. The average molecular weight is 318 g/mol. The maximum absolute atomic E-state index is 12.4. The normalized spacial score (nSPS) is 21.9. The van der Waals surface area contributed by atoms with Crippen LogP contribution in [0.15, 0.2) is 29.2 Å². The lowest BCUT2D eigenvalue weighted by Crippen LogP contribution is -2.36. The Hall–Kier alpha value is -0.960. The first-order valence-electron chi connectivity index (χ1n) is 6.29. The third-order valence-corrected chi connectivity index (χ3v) is 6.57. The molecule has 1 aliphatic rings. The molecule has 8 heteroatoms. The molecule has 0 saturated carbocycles. The molecule has 1 aliphatic heterocycles. The maximum atomic E-state index is 12.4. The van der Waals surface area contributed by atoms with Crippen LogP contribution >= 0.6 is 0 Å². The van der Waals surface area contributed by atoms with Gasteiger partial charge in [0.05, 0.1) is 16.4 Å². The minimum atomic E-state index is -3.70. The van der Waals surface area contributed by atoms with Gasteiger partial charge in [-0.1, -0.05) is 18.2 Å². The minimum absolute atomic E-state index is 0.0400. The minimum Gasteiger partial charge on any atom is -0.316 e. The third kappa shape index (κ3) is 3.57. The molecule has 0 amide bonds. The van der Waals surface area contributed by atoms with Gasteiger partial charge < -0.3 is 5.32 Å². The fourth-order valence-electron chi connectivity index (χ4n) is 2.27. The first kappa shape index (κ1) is 15.4. The van der Waals surface area contributed by atoms with E-state index in [2.05, 4.69) is 10.0 Å². The zero-order valence-corrected chi connectivity index (χ0v) is 12.8. The van der Waals surface area contributed by atoms with Crippen molar-refractivity contribution < 1.29 is 16.8 Å². The Bertz CT molecular complexity index is 683. The predicted octanol–water partition coefficient (Wildman–Crippen LogP) is -0.129. The van der Waals surface area contributed by atoms with Crippen LogP contribution < -0.4 is 10.0 Å². The van der Waals surface area contributed by atoms with E-state index in [1.807, 2.05) is 0 Å². The summed E-state index contributed by atoms with van der Waals surface area (Å²) in [6, 6.07) is 6.15. The van der Waals surface area contributed by atoms with Crippen molar-refractivity contribution in [2.45, 2.75) is 23.9 Å². The zero-order valence-electron chi connectivity index (χ0n) is 11.2. The lowest BCUT2D eigenvalue weighted by atomic mass is 10.2. The van der Waals surface area contributed by atoms with E-state index in [-0.39, 0.29) is 16.4 Å². The smallest absolute Gasteiger partial charge is 0.241 e. The topological polar surface area (TPSA) is 92.3 Å². The summed E-state index contributed by atoms with van der Waals surface area (Å²) in [4.78, 5) is 0.193. The lowest BCUT2D eigenvalue weighted by molar-refractivity contribution is 0.561. The molecular weight excluding hydrogens is 300 g/mol. The summed E-state index contributed by atoms with van der Waals surface area (Å²) in [6.45, 7) is 0.431. The Morgan fingerprint density at radius 3 is 2.60 bits per heavy atom. The highest BCUT2D eigenvalue weighted by atomic mass is 32.2. The Labute approximate surface area is 119 Å². The molecule has 1 fully saturated rings. The number of nitrogens with one attached hydrogen (secondary N) is 2. The van der Waals surface area contributed by atoms with Crippen LogP contribution in [0.25, 0.3) is 0 Å². The summed E-state index contributed by atoms with van der Waals surface area (Å²) in [5, 5.41) is 2.92. The second kappa shape index (κ2) is 5.80. The van der Waals surface area contributed by atoms with Gasteiger partial charge in [0, 0.05) is 12.6 Å². The van der Waals surface area contributed by atoms with Crippen LogP contribution in [0.4, 0.5) is 0 Å². The van der Waals surface area contributed by atoms with E-state index in [0.29, 0.717) is 18.5 Å². The van der Waals surface area contributed by atoms with Crippen molar-refractivity contribution in [1.29, 1.82) is 0 Å². The Morgan fingerprint density at radius 1 is 1.30 bits per heavy atom. The first-order valence-corrected chi connectivity index (χ1v) is 9.60. The van der Waals surface area contributed by atoms with Gasteiger partial charge in [-0.05, 0) is 25.1 Å². The molecule has 2 N–H and O–H groups in total. The molecule has 6 nitrogen and oxygen atoms in total. The molecule has 1 unspecified atom stereocenters. The quantitative estimate of drug-likeness (QED) is 0.789. The lowest BCUT2D eigenvalue weighted by Gasteiger charge is -2.14. The van der Waals surface area contributed by atoms with Crippen molar-refractivity contribution in [2.75, 3.05) is 18.6 Å². The van der Waals surface area contributed by atoms with E-state index in [1.54, 1.807) is 25.2 Å². The van der Waals surface area contributed by atoms with E-state index >= 15 is 0 Å². The van der Waals surface area contributed by atoms with E-state index in [9.17, 15) is 16.8 Å². The average Bonchev–Trinajstić information content (AvgIpc) is 2.69. The molecule has 112 valence electrons. The fraction of sp³-hybridized carbons (Fsp3) is 0.500. The van der Waals surface area contributed by atoms with Gasteiger partial charge in [-0.25, -0.2) is 21.6 Å². The van der Waals surface area contributed by atoms with Crippen molar-refractivity contribution in [1.82, 2.24) is 10.0 Å². The van der Waals surface area contributed by atoms with Gasteiger partial charge in [-0.3, -0.25) is 0 Å². The van der Waals surface area contributed by atoms with Gasteiger partial charge in [-0.15, -0.1) is 0 Å². The molecular formula is C12H18N2O4S2. The molecule has 0 bridgehead atoms. The molecule has 0 spiro atoms. The largest absolute Gasteiger partial charge is 0.316 e. The number of benzene rings is 1. The van der Waals surface area contributed by atoms with E-state index in [1.165, 1.54) is 6.07 Å². The van der Waals surface area contributed by atoms with Crippen molar-refractivity contribution in [2.24, 2.45) is 0 Å². The summed E-state index contributed by atoms with van der Waals surface area (Å²) < 4.78 is 50.0. The summed E-state index contributed by atoms with van der Waals surface area (Å²) in [6.07, 6.45) is 0.329. The van der Waals surface area contributed by atoms with Gasteiger partial charge >= 0.3 is 0 Å². The maximum Gasteiger partial charge on any atom is 0.241 e. The second-order valence-corrected chi connectivity index (χ2v) is 8.77. The summed E-state index contributed by atoms with van der Waals surface area (Å²) >= 11 is 0. The van der Waals surface area contributed by atoms with Crippen LogP contribution in [0.1, 0.15) is 12.0 Å². The SMILES string of the molecule is CNCc1ccccc1S(=O)(=O)NC1CCS(=O)(=O)C1. The zero-order chi connectivity index (χ0) is 14.8. The molecule has 1 atom stereocenters. The van der Waals surface area contributed by atoms with Crippen LogP contribution in [-0.4, -0.2) is 41.4 Å². The highest BCUT2D eigenvalue weighted by Crippen LogP contribution is 2.18. The van der Waals surface area contributed by atoms with Crippen LogP contribution in [0.3, 0.4) is 0 Å². The van der Waals surface area contributed by atoms with Gasteiger partial charge in [0.2, 0.25) is 10.0 Å². The predicted molar refractivity (Wildman–Crippen MR) is 76.6 cm³/mol. The summed E-state index contributed by atoms with van der Waals surface area (Å²) in [7, 11) is -5.07. The van der Waals surface area contributed by atoms with Crippen molar-refractivity contribution in [3.63, 3.8) is 0 Å². The number of sulfone groups is 1. The van der Waals surface area contributed by atoms with Crippen LogP contribution in [-0.2, 0) is 26.4 Å². The van der Waals surface area contributed by atoms with E-state index < -0.39 is 25.9 Å². The van der Waals surface area contributed by atoms with Crippen LogP contribution in [0, 0.1) is 0 Å². The first-order chi connectivity index (χ1) is 9.34. The molecule has 20 heavy (non-hydrogen) atoms. The van der Waals surface area contributed by atoms with E-state index in [4.69, 9.17) is 0 Å². The van der Waals surface area contributed by atoms with Crippen molar-refractivity contribution >= 4 is 19.9 Å². The number of sulfonamides is 1. The molecule has 0 aliphatic carbocycles. The molecule has 0 radical (unpaired) electrons. The molecule has 1 aromatic rings. The Balaban J connectivity index is 2.23. The van der Waals surface area contributed by atoms with Crippen LogP contribution in [0.2, 0.25) is 0 Å². The third-order valence-electron chi connectivity index (χ3n) is 3.18. The molecule has 2 rings (SSSR count). The summed E-state index contributed by atoms with van der Waals surface area (Å²) in [5.41, 5.74) is 0.656. The standard InChI is InChI=1S/C12H18N2O4S2/c1-13-8-10-4-2-3-5-12(10)20(17,18)14-11-6-7-19(15,16)9-11/h2-5,11,13-14H,6-9H2,1H3. The number of hydrogen-bond acceptors (Lipinski definition) is 5. The van der Waals surface area contributed by atoms with Crippen LogP contribution in [0.5, 0.6) is 0 Å². The van der Waals surface area contributed by atoms with Gasteiger partial charge in [-0.2, -0.15) is 0 Å². The highest BCUT2D eigenvalue weighted by Gasteiger charge is 2.31. The molecule has 0 aromatic heterocycles. The highest BCUT2D eigenvalue weighted by molar-refractivity contribution is 7.92.